The van der Waals surface area contributed by atoms with Gasteiger partial charge in [-0.25, -0.2) is 0 Å². The van der Waals surface area contributed by atoms with E-state index in [0.29, 0.717) is 12.6 Å². The van der Waals surface area contributed by atoms with Crippen LogP contribution >= 0.6 is 12.2 Å². The van der Waals surface area contributed by atoms with Crippen molar-refractivity contribution in [3.8, 4) is 0 Å². The molecule has 1 unspecified atom stereocenters. The third kappa shape index (κ3) is 4.82. The molecule has 1 aliphatic rings. The Morgan fingerprint density at radius 2 is 1.87 bits per heavy atom. The Morgan fingerprint density at radius 3 is 2.58 bits per heavy atom. The van der Waals surface area contributed by atoms with E-state index in [1.165, 1.54) is 24.0 Å². The number of hydrogen-bond acceptors (Lipinski definition) is 2. The lowest BCUT2D eigenvalue weighted by Crippen LogP contribution is -2.46. The average molecular weight is 434 g/mol. The van der Waals surface area contributed by atoms with E-state index < -0.39 is 0 Å². The fraction of sp³-hybridized carbons (Fsp3) is 0.385. The summed E-state index contributed by atoms with van der Waals surface area (Å²) in [7, 11) is 0. The van der Waals surface area contributed by atoms with Crippen LogP contribution in [0.3, 0.4) is 0 Å². The number of benzene rings is 2. The molecular weight excluding hydrogens is 402 g/mol. The van der Waals surface area contributed by atoms with Crippen LogP contribution in [0.15, 0.2) is 53.3 Å². The van der Waals surface area contributed by atoms with Gasteiger partial charge in [0.15, 0.2) is 5.11 Å². The summed E-state index contributed by atoms with van der Waals surface area (Å²) in [4.78, 5) is 18.3. The van der Waals surface area contributed by atoms with Crippen molar-refractivity contribution in [2.24, 2.45) is 0 Å². The molecule has 31 heavy (non-hydrogen) atoms. The summed E-state index contributed by atoms with van der Waals surface area (Å²) in [6.07, 6.45) is 4.66. The van der Waals surface area contributed by atoms with E-state index in [2.05, 4.69) is 53.3 Å². The van der Waals surface area contributed by atoms with Crippen molar-refractivity contribution in [2.45, 2.75) is 65.1 Å². The molecule has 0 amide bonds. The lowest BCUT2D eigenvalue weighted by atomic mass is 10.0. The van der Waals surface area contributed by atoms with Crippen LogP contribution in [0.1, 0.15) is 60.9 Å². The van der Waals surface area contributed by atoms with Crippen LogP contribution in [-0.2, 0) is 6.54 Å². The van der Waals surface area contributed by atoms with Crippen molar-refractivity contribution in [3.05, 3.63) is 81.1 Å². The molecule has 4 rings (SSSR count). The molecule has 0 saturated heterocycles. The minimum absolute atomic E-state index is 0.0265. The summed E-state index contributed by atoms with van der Waals surface area (Å²) < 4.78 is 0. The summed E-state index contributed by atoms with van der Waals surface area (Å²) in [5.74, 6) is 0. The quantitative estimate of drug-likeness (QED) is 0.520. The molecule has 0 aliphatic heterocycles. The van der Waals surface area contributed by atoms with Gasteiger partial charge < -0.3 is 15.2 Å². The highest BCUT2D eigenvalue weighted by Crippen LogP contribution is 2.26. The highest BCUT2D eigenvalue weighted by Gasteiger charge is 2.26. The Kier molecular flexibility index (Phi) is 6.42. The summed E-state index contributed by atoms with van der Waals surface area (Å²) in [6.45, 7) is 6.78. The fourth-order valence-corrected chi connectivity index (χ4v) is 5.10. The first kappa shape index (κ1) is 21.6. The molecule has 1 saturated carbocycles. The van der Waals surface area contributed by atoms with Gasteiger partial charge in [0, 0.05) is 11.6 Å². The van der Waals surface area contributed by atoms with Crippen molar-refractivity contribution in [1.82, 2.24) is 15.2 Å². The third-order valence-electron chi connectivity index (χ3n) is 6.38. The maximum Gasteiger partial charge on any atom is 0.253 e. The number of rotatable bonds is 5. The first-order valence-electron chi connectivity index (χ1n) is 11.2. The minimum atomic E-state index is -0.0265. The lowest BCUT2D eigenvalue weighted by molar-refractivity contribution is 0.300. The van der Waals surface area contributed by atoms with Crippen molar-refractivity contribution in [3.63, 3.8) is 0 Å². The number of H-pyrrole nitrogens is 1. The number of aromatic nitrogens is 1. The van der Waals surface area contributed by atoms with Crippen LogP contribution in [0.25, 0.3) is 10.9 Å². The Balaban J connectivity index is 1.62. The Hall–Kier alpha value is -2.66. The normalized spacial score (nSPS) is 15.2. The van der Waals surface area contributed by atoms with Gasteiger partial charge in [0.05, 0.1) is 18.1 Å². The van der Waals surface area contributed by atoms with Crippen LogP contribution in [-0.4, -0.2) is 21.0 Å². The van der Waals surface area contributed by atoms with Crippen LogP contribution in [0.4, 0.5) is 0 Å². The molecule has 1 aliphatic carbocycles. The molecule has 0 bridgehead atoms. The van der Waals surface area contributed by atoms with Gasteiger partial charge in [-0.05, 0) is 74.5 Å². The number of nitrogens with one attached hydrogen (secondary N) is 2. The number of thiocarbonyl (C=S) groups is 1. The Morgan fingerprint density at radius 1 is 1.16 bits per heavy atom. The second-order valence-electron chi connectivity index (χ2n) is 8.82. The smallest absolute Gasteiger partial charge is 0.253 e. The molecule has 1 aromatic heterocycles. The predicted octanol–water partition coefficient (Wildman–Crippen LogP) is 5.53. The maximum absolute atomic E-state index is 12.9. The van der Waals surface area contributed by atoms with Gasteiger partial charge in [-0.15, -0.1) is 0 Å². The molecule has 1 atom stereocenters. The Labute approximate surface area is 189 Å². The number of aromatic amines is 1. The van der Waals surface area contributed by atoms with Crippen molar-refractivity contribution < 1.29 is 0 Å². The van der Waals surface area contributed by atoms with Gasteiger partial charge >= 0.3 is 0 Å². The summed E-state index contributed by atoms with van der Waals surface area (Å²) in [6, 6.07) is 17.1. The van der Waals surface area contributed by atoms with Gasteiger partial charge in [-0.2, -0.15) is 0 Å². The molecule has 2 aromatic carbocycles. The van der Waals surface area contributed by atoms with E-state index in [4.69, 9.17) is 12.2 Å². The molecule has 1 fully saturated rings. The van der Waals surface area contributed by atoms with E-state index in [1.807, 2.05) is 31.2 Å². The van der Waals surface area contributed by atoms with Gasteiger partial charge in [0.25, 0.3) is 5.56 Å². The zero-order valence-corrected chi connectivity index (χ0v) is 19.4. The van der Waals surface area contributed by atoms with Gasteiger partial charge in [0.2, 0.25) is 0 Å². The second kappa shape index (κ2) is 9.23. The van der Waals surface area contributed by atoms with E-state index in [0.717, 1.165) is 40.0 Å². The predicted molar refractivity (Wildman–Crippen MR) is 132 cm³/mol. The van der Waals surface area contributed by atoms with Crippen LogP contribution in [0.5, 0.6) is 0 Å². The summed E-state index contributed by atoms with van der Waals surface area (Å²) >= 11 is 5.87. The third-order valence-corrected chi connectivity index (χ3v) is 6.73. The zero-order valence-electron chi connectivity index (χ0n) is 18.6. The number of fused-ring (bicyclic) bond motifs is 1. The van der Waals surface area contributed by atoms with Gasteiger partial charge in [-0.1, -0.05) is 54.8 Å². The topological polar surface area (TPSA) is 48.1 Å². The first-order valence-corrected chi connectivity index (χ1v) is 11.6. The van der Waals surface area contributed by atoms with Crippen molar-refractivity contribution in [1.29, 1.82) is 0 Å². The van der Waals surface area contributed by atoms with E-state index >= 15 is 0 Å². The highest BCUT2D eigenvalue weighted by atomic mass is 32.1. The van der Waals surface area contributed by atoms with E-state index in [9.17, 15) is 4.79 Å². The highest BCUT2D eigenvalue weighted by molar-refractivity contribution is 7.80. The zero-order chi connectivity index (χ0) is 22.0. The molecule has 162 valence electrons. The minimum Gasteiger partial charge on any atom is -0.356 e. The second-order valence-corrected chi connectivity index (χ2v) is 9.20. The fourth-order valence-electron chi connectivity index (χ4n) is 4.71. The van der Waals surface area contributed by atoms with Crippen LogP contribution in [0, 0.1) is 13.8 Å². The molecule has 2 N–H and O–H groups in total. The molecule has 3 aromatic rings. The number of pyridine rings is 1. The molecular formula is C26H31N3OS. The van der Waals surface area contributed by atoms with Crippen molar-refractivity contribution >= 4 is 28.2 Å². The Bertz CT molecular complexity index is 1130. The molecule has 0 radical (unpaired) electrons. The summed E-state index contributed by atoms with van der Waals surface area (Å²) in [5, 5.41) is 5.32. The average Bonchev–Trinajstić information content (AvgIpc) is 3.27. The van der Waals surface area contributed by atoms with E-state index in [-0.39, 0.29) is 11.6 Å². The van der Waals surface area contributed by atoms with Crippen LogP contribution in [0.2, 0.25) is 0 Å². The molecule has 0 spiro atoms. The summed E-state index contributed by atoms with van der Waals surface area (Å²) in [5.41, 5.74) is 5.16. The first-order chi connectivity index (χ1) is 14.9. The number of hydrogen-bond donors (Lipinski definition) is 2. The maximum atomic E-state index is 12.9. The van der Waals surface area contributed by atoms with Gasteiger partial charge in [0.1, 0.15) is 0 Å². The number of aryl methyl sites for hydroxylation is 2. The van der Waals surface area contributed by atoms with Crippen molar-refractivity contribution in [2.75, 3.05) is 0 Å². The molecule has 5 heteroatoms. The monoisotopic (exact) mass is 433 g/mol. The lowest BCUT2D eigenvalue weighted by Gasteiger charge is -2.33. The number of nitrogens with zero attached hydrogens (tertiary/aromatic N) is 1. The van der Waals surface area contributed by atoms with Gasteiger partial charge in [-0.3, -0.25) is 4.79 Å². The SMILES string of the molecule is Cc1cc(C)c2[nH]c(=O)c(CN(C(=S)NC(C)c3ccccc3)C3CCCC3)cc2c1. The van der Waals surface area contributed by atoms with E-state index in [1.54, 1.807) is 0 Å². The van der Waals surface area contributed by atoms with Crippen LogP contribution < -0.4 is 10.9 Å². The standard InChI is InChI=1S/C26H31N3OS/c1-17-13-18(2)24-21(14-17)15-22(25(30)28-24)16-29(23-11-7-8-12-23)26(31)27-19(3)20-9-5-4-6-10-20/h4-6,9-10,13-15,19,23H,7-8,11-12,16H2,1-3H3,(H,27,31)(H,28,30). The molecule has 1 heterocycles. The largest absolute Gasteiger partial charge is 0.356 e. The molecule has 4 nitrogen and oxygen atoms in total.